The van der Waals surface area contributed by atoms with Gasteiger partial charge in [0.1, 0.15) is 5.76 Å². The summed E-state index contributed by atoms with van der Waals surface area (Å²) in [5, 5.41) is 6.22. The second kappa shape index (κ2) is 5.36. The molecule has 1 amide bonds. The molecule has 0 saturated heterocycles. The van der Waals surface area contributed by atoms with Gasteiger partial charge in [0.2, 0.25) is 11.8 Å². The predicted octanol–water partition coefficient (Wildman–Crippen LogP) is 2.87. The quantitative estimate of drug-likeness (QED) is 0.900. The number of anilines is 2. The average Bonchev–Trinajstić information content (AvgIpc) is 2.75. The number of aromatic nitrogens is 1. The molecule has 0 atom stereocenters. The van der Waals surface area contributed by atoms with Crippen molar-refractivity contribution in [3.63, 3.8) is 0 Å². The van der Waals surface area contributed by atoms with Crippen molar-refractivity contribution in [3.8, 4) is 0 Å². The van der Waals surface area contributed by atoms with E-state index in [2.05, 4.69) is 21.7 Å². The maximum atomic E-state index is 11.5. The van der Waals surface area contributed by atoms with Crippen molar-refractivity contribution < 1.29 is 9.21 Å². The molecule has 5 nitrogen and oxygen atoms in total. The first-order chi connectivity index (χ1) is 9.70. The van der Waals surface area contributed by atoms with E-state index in [1.54, 1.807) is 6.20 Å². The molecule has 0 saturated carbocycles. The number of carbonyl (C=O) groups is 1. The molecule has 1 aromatic heterocycles. The Hall–Kier alpha value is -2.30. The lowest BCUT2D eigenvalue weighted by atomic mass is 10.1. The largest absolute Gasteiger partial charge is 0.444 e. The molecule has 0 aliphatic carbocycles. The minimum absolute atomic E-state index is 0.0970. The van der Waals surface area contributed by atoms with E-state index in [4.69, 9.17) is 4.42 Å². The van der Waals surface area contributed by atoms with Crippen LogP contribution < -0.4 is 10.6 Å². The lowest BCUT2D eigenvalue weighted by molar-refractivity contribution is -0.116. The summed E-state index contributed by atoms with van der Waals surface area (Å²) in [4.78, 5) is 15.7. The van der Waals surface area contributed by atoms with Crippen LogP contribution in [0.2, 0.25) is 0 Å². The second-order valence-electron chi connectivity index (χ2n) is 4.99. The number of carbonyl (C=O) groups excluding carboxylic acids is 1. The summed E-state index contributed by atoms with van der Waals surface area (Å²) in [6.45, 7) is 2.43. The van der Waals surface area contributed by atoms with Gasteiger partial charge in [0.25, 0.3) is 0 Å². The minimum atomic E-state index is 0.0970. The number of hydrogen-bond acceptors (Lipinski definition) is 4. The number of benzene rings is 1. The number of rotatable bonds is 3. The lowest BCUT2D eigenvalue weighted by Gasteiger charge is -2.10. The monoisotopic (exact) mass is 271 g/mol. The Morgan fingerprint density at radius 1 is 1.40 bits per heavy atom. The van der Waals surface area contributed by atoms with Crippen molar-refractivity contribution in [1.82, 2.24) is 4.98 Å². The molecule has 0 unspecified atom stereocenters. The smallest absolute Gasteiger partial charge is 0.224 e. The SMILES string of the molecule is Cc1cnc(CNc2ccc3c(c2)CCCC(=O)N3)o1. The van der Waals surface area contributed by atoms with Gasteiger partial charge in [-0.15, -0.1) is 0 Å². The molecule has 0 fully saturated rings. The van der Waals surface area contributed by atoms with Gasteiger partial charge in [-0.05, 0) is 43.5 Å². The highest BCUT2D eigenvalue weighted by atomic mass is 16.4. The summed E-state index contributed by atoms with van der Waals surface area (Å²) in [6, 6.07) is 5.98. The van der Waals surface area contributed by atoms with Crippen molar-refractivity contribution in [3.05, 3.63) is 41.6 Å². The molecule has 1 aliphatic heterocycles. The van der Waals surface area contributed by atoms with Crippen LogP contribution >= 0.6 is 0 Å². The van der Waals surface area contributed by atoms with Gasteiger partial charge in [0.15, 0.2) is 0 Å². The Morgan fingerprint density at radius 2 is 2.30 bits per heavy atom. The Labute approximate surface area is 117 Å². The number of nitrogens with one attached hydrogen (secondary N) is 2. The molecular weight excluding hydrogens is 254 g/mol. The average molecular weight is 271 g/mol. The van der Waals surface area contributed by atoms with E-state index >= 15 is 0 Å². The Kier molecular flexibility index (Phi) is 3.41. The van der Waals surface area contributed by atoms with E-state index in [-0.39, 0.29) is 5.91 Å². The Bertz CT molecular complexity index is 634. The molecule has 0 spiro atoms. The molecule has 5 heteroatoms. The van der Waals surface area contributed by atoms with Gasteiger partial charge in [0.05, 0.1) is 12.7 Å². The van der Waals surface area contributed by atoms with E-state index in [0.29, 0.717) is 18.9 Å². The highest BCUT2D eigenvalue weighted by molar-refractivity contribution is 5.92. The first-order valence-corrected chi connectivity index (χ1v) is 6.79. The molecule has 20 heavy (non-hydrogen) atoms. The number of aryl methyl sites for hydroxylation is 2. The summed E-state index contributed by atoms with van der Waals surface area (Å²) < 4.78 is 5.42. The fourth-order valence-electron chi connectivity index (χ4n) is 2.35. The van der Waals surface area contributed by atoms with E-state index in [1.165, 1.54) is 5.56 Å². The molecule has 0 radical (unpaired) electrons. The third kappa shape index (κ3) is 2.82. The van der Waals surface area contributed by atoms with Gasteiger partial charge in [-0.2, -0.15) is 0 Å². The second-order valence-corrected chi connectivity index (χ2v) is 4.99. The topological polar surface area (TPSA) is 67.2 Å². The molecule has 2 aromatic rings. The maximum absolute atomic E-state index is 11.5. The maximum Gasteiger partial charge on any atom is 0.224 e. The van der Waals surface area contributed by atoms with Gasteiger partial charge >= 0.3 is 0 Å². The van der Waals surface area contributed by atoms with Crippen LogP contribution in [0.4, 0.5) is 11.4 Å². The Balaban J connectivity index is 1.72. The fraction of sp³-hybridized carbons (Fsp3) is 0.333. The number of fused-ring (bicyclic) bond motifs is 1. The number of nitrogens with zero attached hydrogens (tertiary/aromatic N) is 1. The molecule has 1 aromatic carbocycles. The highest BCUT2D eigenvalue weighted by Gasteiger charge is 2.13. The van der Waals surface area contributed by atoms with Crippen molar-refractivity contribution in [2.45, 2.75) is 32.7 Å². The van der Waals surface area contributed by atoms with Crippen molar-refractivity contribution >= 4 is 17.3 Å². The van der Waals surface area contributed by atoms with E-state index in [1.807, 2.05) is 19.1 Å². The van der Waals surface area contributed by atoms with E-state index in [0.717, 1.165) is 30.0 Å². The van der Waals surface area contributed by atoms with Crippen LogP contribution in [0.3, 0.4) is 0 Å². The zero-order valence-electron chi connectivity index (χ0n) is 11.4. The first-order valence-electron chi connectivity index (χ1n) is 6.79. The van der Waals surface area contributed by atoms with Crippen molar-refractivity contribution in [1.29, 1.82) is 0 Å². The molecule has 2 heterocycles. The van der Waals surface area contributed by atoms with Crippen LogP contribution in [0, 0.1) is 6.92 Å². The fourth-order valence-corrected chi connectivity index (χ4v) is 2.35. The predicted molar refractivity (Wildman–Crippen MR) is 76.6 cm³/mol. The summed E-state index contributed by atoms with van der Waals surface area (Å²) >= 11 is 0. The van der Waals surface area contributed by atoms with Crippen LogP contribution in [0.1, 0.15) is 30.1 Å². The molecular formula is C15H17N3O2. The third-order valence-electron chi connectivity index (χ3n) is 3.34. The van der Waals surface area contributed by atoms with Crippen molar-refractivity contribution in [2.24, 2.45) is 0 Å². The summed E-state index contributed by atoms with van der Waals surface area (Å²) in [6.07, 6.45) is 4.11. The van der Waals surface area contributed by atoms with Crippen LogP contribution in [-0.4, -0.2) is 10.9 Å². The van der Waals surface area contributed by atoms with Crippen molar-refractivity contribution in [2.75, 3.05) is 10.6 Å². The van der Waals surface area contributed by atoms with Crippen LogP contribution in [0.15, 0.2) is 28.8 Å². The van der Waals surface area contributed by atoms with Gasteiger partial charge in [-0.25, -0.2) is 4.98 Å². The summed E-state index contributed by atoms with van der Waals surface area (Å²) in [7, 11) is 0. The summed E-state index contributed by atoms with van der Waals surface area (Å²) in [5.74, 6) is 1.58. The molecule has 0 bridgehead atoms. The van der Waals surface area contributed by atoms with Crippen LogP contribution in [0.25, 0.3) is 0 Å². The third-order valence-corrected chi connectivity index (χ3v) is 3.34. The van der Waals surface area contributed by atoms with E-state index in [9.17, 15) is 4.79 Å². The zero-order chi connectivity index (χ0) is 13.9. The van der Waals surface area contributed by atoms with Gasteiger partial charge in [-0.1, -0.05) is 0 Å². The first kappa shape index (κ1) is 12.7. The minimum Gasteiger partial charge on any atom is -0.444 e. The van der Waals surface area contributed by atoms with Crippen LogP contribution in [0.5, 0.6) is 0 Å². The molecule has 104 valence electrons. The van der Waals surface area contributed by atoms with Gasteiger partial charge in [-0.3, -0.25) is 4.79 Å². The van der Waals surface area contributed by atoms with Gasteiger partial charge < -0.3 is 15.1 Å². The number of oxazole rings is 1. The zero-order valence-corrected chi connectivity index (χ0v) is 11.4. The molecule has 2 N–H and O–H groups in total. The Morgan fingerprint density at radius 3 is 3.10 bits per heavy atom. The standard InChI is InChI=1S/C15H17N3O2/c1-10-8-17-15(20-10)9-16-12-5-6-13-11(7-12)3-2-4-14(19)18-13/h5-8,16H,2-4,9H2,1H3,(H,18,19). The van der Waals surface area contributed by atoms with E-state index < -0.39 is 0 Å². The molecule has 3 rings (SSSR count). The normalized spacial score (nSPS) is 14.3. The summed E-state index contributed by atoms with van der Waals surface area (Å²) in [5.41, 5.74) is 3.10. The number of hydrogen-bond donors (Lipinski definition) is 2. The van der Waals surface area contributed by atoms with Crippen LogP contribution in [-0.2, 0) is 17.8 Å². The number of amides is 1. The highest BCUT2D eigenvalue weighted by Crippen LogP contribution is 2.25. The molecule has 1 aliphatic rings. The van der Waals surface area contributed by atoms with Gasteiger partial charge in [0, 0.05) is 17.8 Å². The lowest BCUT2D eigenvalue weighted by Crippen LogP contribution is -2.09.